The topological polar surface area (TPSA) is 68.0 Å². The molecule has 0 aliphatic carbocycles. The van der Waals surface area contributed by atoms with Crippen LogP contribution in [0.15, 0.2) is 12.1 Å². The van der Waals surface area contributed by atoms with Gasteiger partial charge in [-0.1, -0.05) is 30.1 Å². The molecule has 0 aliphatic rings. The molecule has 0 spiro atoms. The Kier molecular flexibility index (Phi) is 3.73. The molecule has 1 aromatic carbocycles. The van der Waals surface area contributed by atoms with Crippen LogP contribution in [0, 0.1) is 5.82 Å². The van der Waals surface area contributed by atoms with Gasteiger partial charge in [0.1, 0.15) is 17.3 Å². The van der Waals surface area contributed by atoms with Gasteiger partial charge in [0.05, 0.1) is 10.0 Å². The number of hydrogen-bond acceptors (Lipinski definition) is 3. The SMILES string of the molecule is CCc1nc(C(=O)O)nn1-c1c(Cl)cc(F)cc1Cl. The van der Waals surface area contributed by atoms with Crippen molar-refractivity contribution in [3.63, 3.8) is 0 Å². The van der Waals surface area contributed by atoms with Gasteiger partial charge < -0.3 is 5.11 Å². The highest BCUT2D eigenvalue weighted by atomic mass is 35.5. The van der Waals surface area contributed by atoms with E-state index in [0.717, 1.165) is 12.1 Å². The minimum atomic E-state index is -1.26. The van der Waals surface area contributed by atoms with E-state index in [2.05, 4.69) is 10.1 Å². The number of carboxylic acids is 1. The number of carboxylic acid groups (broad SMARTS) is 1. The largest absolute Gasteiger partial charge is 0.475 e. The Balaban J connectivity index is 2.68. The number of nitrogens with zero attached hydrogens (tertiary/aromatic N) is 3. The second-order valence-electron chi connectivity index (χ2n) is 3.64. The van der Waals surface area contributed by atoms with Crippen molar-refractivity contribution in [3.8, 4) is 5.69 Å². The molecular weight excluding hydrogens is 296 g/mol. The van der Waals surface area contributed by atoms with E-state index in [9.17, 15) is 9.18 Å². The third kappa shape index (κ3) is 2.54. The second-order valence-corrected chi connectivity index (χ2v) is 4.45. The van der Waals surface area contributed by atoms with E-state index in [0.29, 0.717) is 12.2 Å². The van der Waals surface area contributed by atoms with Gasteiger partial charge in [0.25, 0.3) is 5.82 Å². The zero-order valence-corrected chi connectivity index (χ0v) is 11.2. The molecule has 2 aromatic rings. The average Bonchev–Trinajstić information content (AvgIpc) is 2.71. The predicted molar refractivity (Wildman–Crippen MR) is 67.7 cm³/mol. The van der Waals surface area contributed by atoms with Crippen molar-refractivity contribution in [1.29, 1.82) is 0 Å². The summed E-state index contributed by atoms with van der Waals surface area (Å²) in [7, 11) is 0. The first-order chi connectivity index (χ1) is 8.93. The fourth-order valence-electron chi connectivity index (χ4n) is 1.58. The molecule has 0 atom stereocenters. The standard InChI is InChI=1S/C11H8Cl2FN3O2/c1-2-8-15-10(11(18)19)16-17(8)9-6(12)3-5(14)4-7(9)13/h3-4H,2H2,1H3,(H,18,19). The Labute approximate surface area is 117 Å². The lowest BCUT2D eigenvalue weighted by Crippen LogP contribution is -2.05. The van der Waals surface area contributed by atoms with Crippen molar-refractivity contribution in [2.24, 2.45) is 0 Å². The molecule has 0 fully saturated rings. The van der Waals surface area contributed by atoms with Crippen LogP contribution in [0.25, 0.3) is 5.69 Å². The number of aromatic carboxylic acids is 1. The summed E-state index contributed by atoms with van der Waals surface area (Å²) in [5.74, 6) is -1.85. The number of hydrogen-bond donors (Lipinski definition) is 1. The number of benzene rings is 1. The molecule has 0 aliphatic heterocycles. The Morgan fingerprint density at radius 1 is 1.42 bits per heavy atom. The summed E-state index contributed by atoms with van der Waals surface area (Å²) < 4.78 is 14.3. The fraction of sp³-hybridized carbons (Fsp3) is 0.182. The molecule has 0 unspecified atom stereocenters. The maximum absolute atomic E-state index is 13.1. The van der Waals surface area contributed by atoms with Gasteiger partial charge in [0.2, 0.25) is 0 Å². The van der Waals surface area contributed by atoms with Crippen LogP contribution in [-0.2, 0) is 6.42 Å². The first-order valence-corrected chi connectivity index (χ1v) is 6.03. The van der Waals surface area contributed by atoms with Crippen molar-refractivity contribution in [2.45, 2.75) is 13.3 Å². The van der Waals surface area contributed by atoms with E-state index in [1.54, 1.807) is 6.92 Å². The van der Waals surface area contributed by atoms with Gasteiger partial charge in [-0.25, -0.2) is 18.9 Å². The molecule has 5 nitrogen and oxygen atoms in total. The van der Waals surface area contributed by atoms with E-state index < -0.39 is 11.8 Å². The third-order valence-electron chi connectivity index (χ3n) is 2.38. The van der Waals surface area contributed by atoms with Crippen molar-refractivity contribution in [3.05, 3.63) is 39.6 Å². The summed E-state index contributed by atoms with van der Waals surface area (Å²) >= 11 is 11.9. The summed E-state index contributed by atoms with van der Waals surface area (Å²) in [4.78, 5) is 14.7. The number of carbonyl (C=O) groups is 1. The Bertz CT molecular complexity index is 634. The van der Waals surface area contributed by atoms with Crippen LogP contribution >= 0.6 is 23.2 Å². The van der Waals surface area contributed by atoms with E-state index in [1.807, 2.05) is 0 Å². The Hall–Kier alpha value is -1.66. The molecular formula is C11H8Cl2FN3O2. The monoisotopic (exact) mass is 303 g/mol. The minimum absolute atomic E-state index is 0.0292. The minimum Gasteiger partial charge on any atom is -0.475 e. The van der Waals surface area contributed by atoms with Crippen LogP contribution in [0.4, 0.5) is 4.39 Å². The fourth-order valence-corrected chi connectivity index (χ4v) is 2.20. The van der Waals surface area contributed by atoms with Gasteiger partial charge in [-0.3, -0.25) is 0 Å². The molecule has 2 rings (SSSR count). The van der Waals surface area contributed by atoms with Gasteiger partial charge in [-0.15, -0.1) is 5.10 Å². The molecule has 19 heavy (non-hydrogen) atoms. The van der Waals surface area contributed by atoms with Crippen molar-refractivity contribution < 1.29 is 14.3 Å². The molecule has 0 amide bonds. The maximum atomic E-state index is 13.1. The van der Waals surface area contributed by atoms with Crippen LogP contribution < -0.4 is 0 Å². The van der Waals surface area contributed by atoms with E-state index in [4.69, 9.17) is 28.3 Å². The summed E-state index contributed by atoms with van der Waals surface area (Å²) in [6, 6.07) is 2.15. The highest BCUT2D eigenvalue weighted by Crippen LogP contribution is 2.30. The van der Waals surface area contributed by atoms with Crippen molar-refractivity contribution in [2.75, 3.05) is 0 Å². The highest BCUT2D eigenvalue weighted by Gasteiger charge is 2.19. The second kappa shape index (κ2) is 5.14. The zero-order chi connectivity index (χ0) is 14.2. The molecule has 1 aromatic heterocycles. The number of halogens is 3. The summed E-state index contributed by atoms with van der Waals surface area (Å²) in [5, 5.41) is 12.8. The van der Waals surface area contributed by atoms with E-state index in [1.165, 1.54) is 4.68 Å². The van der Waals surface area contributed by atoms with Gasteiger partial charge in [-0.05, 0) is 12.1 Å². The van der Waals surface area contributed by atoms with Crippen LogP contribution in [-0.4, -0.2) is 25.8 Å². The molecule has 0 saturated heterocycles. The molecule has 0 radical (unpaired) electrons. The van der Waals surface area contributed by atoms with Crippen molar-refractivity contribution >= 4 is 29.2 Å². The smallest absolute Gasteiger partial charge is 0.375 e. The lowest BCUT2D eigenvalue weighted by molar-refractivity contribution is 0.0683. The summed E-state index contributed by atoms with van der Waals surface area (Å²) in [5.41, 5.74) is 0.210. The molecule has 0 saturated carbocycles. The molecule has 1 N–H and O–H groups in total. The third-order valence-corrected chi connectivity index (χ3v) is 2.95. The number of aromatic nitrogens is 3. The maximum Gasteiger partial charge on any atom is 0.375 e. The predicted octanol–water partition coefficient (Wildman–Crippen LogP) is 2.97. The summed E-state index contributed by atoms with van der Waals surface area (Å²) in [6.45, 7) is 1.78. The molecule has 1 heterocycles. The van der Waals surface area contributed by atoms with Gasteiger partial charge in [0, 0.05) is 6.42 Å². The zero-order valence-electron chi connectivity index (χ0n) is 9.69. The first-order valence-electron chi connectivity index (χ1n) is 5.28. The highest BCUT2D eigenvalue weighted by molar-refractivity contribution is 6.37. The first kappa shape index (κ1) is 13.8. The van der Waals surface area contributed by atoms with Crippen LogP contribution in [0.3, 0.4) is 0 Å². The van der Waals surface area contributed by atoms with Gasteiger partial charge >= 0.3 is 5.97 Å². The Morgan fingerprint density at radius 3 is 2.47 bits per heavy atom. The van der Waals surface area contributed by atoms with E-state index >= 15 is 0 Å². The van der Waals surface area contributed by atoms with Crippen LogP contribution in [0.5, 0.6) is 0 Å². The lowest BCUT2D eigenvalue weighted by Gasteiger charge is -2.08. The average molecular weight is 304 g/mol. The van der Waals surface area contributed by atoms with Crippen molar-refractivity contribution in [1.82, 2.24) is 14.8 Å². The quantitative estimate of drug-likeness (QED) is 0.946. The summed E-state index contributed by atoms with van der Waals surface area (Å²) in [6.07, 6.45) is 0.421. The number of rotatable bonds is 3. The molecule has 0 bridgehead atoms. The normalized spacial score (nSPS) is 10.7. The number of aryl methyl sites for hydroxylation is 1. The molecule has 100 valence electrons. The van der Waals surface area contributed by atoms with Crippen LogP contribution in [0.1, 0.15) is 23.4 Å². The van der Waals surface area contributed by atoms with Gasteiger partial charge in [0.15, 0.2) is 0 Å². The van der Waals surface area contributed by atoms with E-state index in [-0.39, 0.29) is 21.6 Å². The van der Waals surface area contributed by atoms with Crippen LogP contribution in [0.2, 0.25) is 10.0 Å². The lowest BCUT2D eigenvalue weighted by atomic mass is 10.3. The molecule has 8 heteroatoms. The van der Waals surface area contributed by atoms with Gasteiger partial charge in [-0.2, -0.15) is 0 Å². The Morgan fingerprint density at radius 2 is 2.00 bits per heavy atom.